The summed E-state index contributed by atoms with van der Waals surface area (Å²) in [6, 6.07) is 11.8. The molecule has 0 heterocycles. The van der Waals surface area contributed by atoms with E-state index in [0.29, 0.717) is 23.5 Å². The molecule has 1 atom stereocenters. The van der Waals surface area contributed by atoms with Gasteiger partial charge in [-0.2, -0.15) is 0 Å². The molecule has 0 fully saturated rings. The van der Waals surface area contributed by atoms with E-state index in [-0.39, 0.29) is 43.1 Å². The fraction of sp³-hybridized carbons (Fsp3) is 0.375. The smallest absolute Gasteiger partial charge is 0.251 e. The Hall–Kier alpha value is -3.42. The molecular formula is C24H30FN3O4. The highest BCUT2D eigenvalue weighted by Gasteiger charge is 2.24. The third-order valence-electron chi connectivity index (χ3n) is 4.66. The van der Waals surface area contributed by atoms with Gasteiger partial charge in [-0.05, 0) is 54.8 Å². The molecule has 3 N–H and O–H groups in total. The van der Waals surface area contributed by atoms with Crippen molar-refractivity contribution in [3.8, 4) is 5.75 Å². The predicted octanol–water partition coefficient (Wildman–Crippen LogP) is 2.45. The number of carbonyl (C=O) groups is 3. The minimum Gasteiger partial charge on any atom is -0.494 e. The molecule has 8 heteroatoms. The molecule has 32 heavy (non-hydrogen) atoms. The van der Waals surface area contributed by atoms with E-state index in [2.05, 4.69) is 16.0 Å². The first-order chi connectivity index (χ1) is 15.3. The van der Waals surface area contributed by atoms with Crippen LogP contribution in [0, 0.1) is 11.7 Å². The van der Waals surface area contributed by atoms with Crippen LogP contribution < -0.4 is 20.7 Å². The van der Waals surface area contributed by atoms with E-state index in [9.17, 15) is 18.8 Å². The van der Waals surface area contributed by atoms with Crippen LogP contribution >= 0.6 is 0 Å². The lowest BCUT2D eigenvalue weighted by Crippen LogP contribution is -2.50. The second kappa shape index (κ2) is 12.4. The Morgan fingerprint density at radius 1 is 1.00 bits per heavy atom. The Bertz CT molecular complexity index is 916. The highest BCUT2D eigenvalue weighted by molar-refractivity contribution is 5.97. The summed E-state index contributed by atoms with van der Waals surface area (Å²) in [7, 11) is 0. The number of halogens is 1. The molecule has 2 aromatic rings. The number of hydrogen-bond acceptors (Lipinski definition) is 4. The van der Waals surface area contributed by atoms with Crippen LogP contribution in [0.25, 0.3) is 0 Å². The highest BCUT2D eigenvalue weighted by Crippen LogP contribution is 2.13. The number of rotatable bonds is 11. The van der Waals surface area contributed by atoms with Crippen LogP contribution in [0.1, 0.15) is 36.7 Å². The van der Waals surface area contributed by atoms with E-state index in [4.69, 9.17) is 4.74 Å². The number of nitrogens with one attached hydrogen (secondary N) is 3. The van der Waals surface area contributed by atoms with Gasteiger partial charge < -0.3 is 20.7 Å². The normalized spacial score (nSPS) is 11.5. The first-order valence-electron chi connectivity index (χ1n) is 10.6. The monoisotopic (exact) mass is 443 g/mol. The zero-order chi connectivity index (χ0) is 23.5. The molecule has 0 saturated heterocycles. The largest absolute Gasteiger partial charge is 0.494 e. The van der Waals surface area contributed by atoms with Gasteiger partial charge in [0.25, 0.3) is 5.91 Å². The van der Waals surface area contributed by atoms with Crippen molar-refractivity contribution in [1.29, 1.82) is 0 Å². The Morgan fingerprint density at radius 3 is 2.31 bits per heavy atom. The maximum Gasteiger partial charge on any atom is 0.251 e. The van der Waals surface area contributed by atoms with Crippen LogP contribution in [0.15, 0.2) is 48.5 Å². The minimum absolute atomic E-state index is 0.0540. The zero-order valence-electron chi connectivity index (χ0n) is 18.6. The van der Waals surface area contributed by atoms with Gasteiger partial charge in [-0.3, -0.25) is 14.4 Å². The molecule has 0 saturated carbocycles. The Balaban J connectivity index is 1.79. The zero-order valence-corrected chi connectivity index (χ0v) is 18.6. The summed E-state index contributed by atoms with van der Waals surface area (Å²) < 4.78 is 18.6. The van der Waals surface area contributed by atoms with Crippen molar-refractivity contribution in [3.05, 3.63) is 65.5 Å². The van der Waals surface area contributed by atoms with Gasteiger partial charge in [-0.25, -0.2) is 4.39 Å². The molecule has 0 aliphatic carbocycles. The van der Waals surface area contributed by atoms with Gasteiger partial charge in [0, 0.05) is 18.7 Å². The Morgan fingerprint density at radius 2 is 1.69 bits per heavy atom. The number of amides is 3. The van der Waals surface area contributed by atoms with Gasteiger partial charge in [-0.1, -0.05) is 26.0 Å². The molecule has 7 nitrogen and oxygen atoms in total. The van der Waals surface area contributed by atoms with Gasteiger partial charge >= 0.3 is 0 Å². The second-order valence-corrected chi connectivity index (χ2v) is 7.60. The third-order valence-corrected chi connectivity index (χ3v) is 4.66. The topological polar surface area (TPSA) is 96.5 Å². The number of benzene rings is 2. The SMILES string of the molecule is CCOc1ccc(C(=O)NC(C(=O)NCCNC(=O)Cc2cccc(F)c2)C(C)C)cc1. The molecule has 2 rings (SSSR count). The van der Waals surface area contributed by atoms with E-state index >= 15 is 0 Å². The first-order valence-corrected chi connectivity index (χ1v) is 10.6. The molecule has 0 aliphatic heterocycles. The maximum atomic E-state index is 13.2. The molecule has 0 bridgehead atoms. The number of ether oxygens (including phenoxy) is 1. The van der Waals surface area contributed by atoms with Gasteiger partial charge in [-0.15, -0.1) is 0 Å². The third kappa shape index (κ3) is 8.02. The molecule has 3 amide bonds. The lowest BCUT2D eigenvalue weighted by molar-refractivity contribution is -0.124. The highest BCUT2D eigenvalue weighted by atomic mass is 19.1. The maximum absolute atomic E-state index is 13.2. The molecule has 0 spiro atoms. The van der Waals surface area contributed by atoms with Crippen LogP contribution in [-0.2, 0) is 16.0 Å². The summed E-state index contributed by atoms with van der Waals surface area (Å²) in [5, 5.41) is 8.16. The summed E-state index contributed by atoms with van der Waals surface area (Å²) in [5.41, 5.74) is 1.000. The van der Waals surface area contributed by atoms with Gasteiger partial charge in [0.1, 0.15) is 17.6 Å². The number of hydrogen-bond donors (Lipinski definition) is 3. The fourth-order valence-electron chi connectivity index (χ4n) is 3.02. The van der Waals surface area contributed by atoms with Crippen LogP contribution in [0.3, 0.4) is 0 Å². The Labute approximate surface area is 187 Å². The molecule has 2 aromatic carbocycles. The van der Waals surface area contributed by atoms with Crippen LogP contribution in [0.4, 0.5) is 4.39 Å². The van der Waals surface area contributed by atoms with Crippen molar-refractivity contribution >= 4 is 17.7 Å². The fourth-order valence-corrected chi connectivity index (χ4v) is 3.02. The summed E-state index contributed by atoms with van der Waals surface area (Å²) in [5.74, 6) is -0.821. The van der Waals surface area contributed by atoms with Crippen LogP contribution in [0.5, 0.6) is 5.75 Å². The average Bonchev–Trinajstić information content (AvgIpc) is 2.75. The Kier molecular flexibility index (Phi) is 9.66. The molecule has 0 radical (unpaired) electrons. The lowest BCUT2D eigenvalue weighted by atomic mass is 10.0. The van der Waals surface area contributed by atoms with Crippen molar-refractivity contribution < 1.29 is 23.5 Å². The average molecular weight is 444 g/mol. The van der Waals surface area contributed by atoms with E-state index in [0.717, 1.165) is 0 Å². The van der Waals surface area contributed by atoms with Crippen LogP contribution in [-0.4, -0.2) is 43.5 Å². The van der Waals surface area contributed by atoms with Gasteiger partial charge in [0.2, 0.25) is 11.8 Å². The van der Waals surface area contributed by atoms with Gasteiger partial charge in [0.15, 0.2) is 0 Å². The standard InChI is InChI=1S/C24H30FN3O4/c1-4-32-20-10-8-18(9-11-20)23(30)28-22(16(2)3)24(31)27-13-12-26-21(29)15-17-6-5-7-19(25)14-17/h5-11,14,16,22H,4,12-13,15H2,1-3H3,(H,26,29)(H,27,31)(H,28,30). The molecule has 172 valence electrons. The lowest BCUT2D eigenvalue weighted by Gasteiger charge is -2.22. The van der Waals surface area contributed by atoms with E-state index < -0.39 is 11.9 Å². The van der Waals surface area contributed by atoms with E-state index in [1.54, 1.807) is 36.4 Å². The molecule has 0 aliphatic rings. The molecule has 0 aromatic heterocycles. The quantitative estimate of drug-likeness (QED) is 0.465. The molecular weight excluding hydrogens is 413 g/mol. The first kappa shape index (κ1) is 24.8. The van der Waals surface area contributed by atoms with E-state index in [1.165, 1.54) is 12.1 Å². The summed E-state index contributed by atoms with van der Waals surface area (Å²) in [6.45, 7) is 6.51. The molecule has 1 unspecified atom stereocenters. The van der Waals surface area contributed by atoms with Crippen molar-refractivity contribution in [3.63, 3.8) is 0 Å². The minimum atomic E-state index is -0.725. The van der Waals surface area contributed by atoms with Crippen molar-refractivity contribution in [2.45, 2.75) is 33.2 Å². The van der Waals surface area contributed by atoms with Gasteiger partial charge in [0.05, 0.1) is 13.0 Å². The van der Waals surface area contributed by atoms with Crippen LogP contribution in [0.2, 0.25) is 0 Å². The van der Waals surface area contributed by atoms with Crippen molar-refractivity contribution in [2.24, 2.45) is 5.92 Å². The summed E-state index contributed by atoms with van der Waals surface area (Å²) in [6.07, 6.45) is 0.0540. The number of carbonyl (C=O) groups excluding carboxylic acids is 3. The summed E-state index contributed by atoms with van der Waals surface area (Å²) >= 11 is 0. The van der Waals surface area contributed by atoms with E-state index in [1.807, 2.05) is 20.8 Å². The summed E-state index contributed by atoms with van der Waals surface area (Å²) in [4.78, 5) is 37.1. The van der Waals surface area contributed by atoms with Crippen molar-refractivity contribution in [2.75, 3.05) is 19.7 Å². The predicted molar refractivity (Wildman–Crippen MR) is 120 cm³/mol. The second-order valence-electron chi connectivity index (χ2n) is 7.60. The van der Waals surface area contributed by atoms with Crippen molar-refractivity contribution in [1.82, 2.24) is 16.0 Å².